The Labute approximate surface area is 217 Å². The molecule has 0 unspecified atom stereocenters. The van der Waals surface area contributed by atoms with Gasteiger partial charge in [-0.15, -0.1) is 13.2 Å². The van der Waals surface area contributed by atoms with Gasteiger partial charge in [0.2, 0.25) is 15.9 Å². The molecule has 208 valence electrons. The maximum Gasteiger partial charge on any atom is 0.522 e. The van der Waals surface area contributed by atoms with Crippen LogP contribution in [0.3, 0.4) is 0 Å². The first-order valence-corrected chi connectivity index (χ1v) is 13.6. The molecule has 0 radical (unpaired) electrons. The Kier molecular flexibility index (Phi) is 8.10. The number of hydrogen-bond acceptors (Lipinski definition) is 5. The van der Waals surface area contributed by atoms with Crippen molar-refractivity contribution in [3.8, 4) is 0 Å². The summed E-state index contributed by atoms with van der Waals surface area (Å²) in [5, 5.41) is 2.61. The van der Waals surface area contributed by atoms with Crippen LogP contribution in [0.4, 0.5) is 22.0 Å². The predicted octanol–water partition coefficient (Wildman–Crippen LogP) is 4.32. The van der Waals surface area contributed by atoms with E-state index in [1.165, 1.54) is 6.07 Å². The summed E-state index contributed by atoms with van der Waals surface area (Å²) in [4.78, 5) is 17.0. The molecule has 0 bridgehead atoms. The average molecular weight is 562 g/mol. The lowest BCUT2D eigenvalue weighted by Crippen LogP contribution is -2.48. The Balaban J connectivity index is 1.41. The summed E-state index contributed by atoms with van der Waals surface area (Å²) in [7, 11) is -4.11. The third-order valence-corrected chi connectivity index (χ3v) is 9.26. The number of aromatic nitrogens is 1. The molecule has 2 aliphatic rings. The minimum atomic E-state index is -4.68. The molecule has 38 heavy (non-hydrogen) atoms. The van der Waals surface area contributed by atoms with Gasteiger partial charge in [0.15, 0.2) is 0 Å². The van der Waals surface area contributed by atoms with E-state index in [4.69, 9.17) is 0 Å². The van der Waals surface area contributed by atoms with Gasteiger partial charge in [-0.25, -0.2) is 17.2 Å². The van der Waals surface area contributed by atoms with E-state index in [1.54, 1.807) is 6.92 Å². The summed E-state index contributed by atoms with van der Waals surface area (Å²) in [6.45, 7) is 3.29. The Morgan fingerprint density at radius 3 is 2.42 bits per heavy atom. The number of sulfonamides is 1. The third kappa shape index (κ3) is 6.32. The Hall–Kier alpha value is -2.64. The van der Waals surface area contributed by atoms with Gasteiger partial charge in [0, 0.05) is 23.8 Å². The van der Waals surface area contributed by atoms with Crippen LogP contribution in [0, 0.1) is 23.5 Å². The minimum absolute atomic E-state index is 0.0885. The van der Waals surface area contributed by atoms with Crippen molar-refractivity contribution in [3.05, 3.63) is 59.4 Å². The van der Waals surface area contributed by atoms with E-state index < -0.39 is 52.1 Å². The lowest BCUT2D eigenvalue weighted by molar-refractivity contribution is -0.354. The molecule has 3 atom stereocenters. The van der Waals surface area contributed by atoms with Crippen LogP contribution < -0.4 is 5.32 Å². The molecule has 1 aromatic heterocycles. The van der Waals surface area contributed by atoms with Crippen LogP contribution in [0.1, 0.15) is 44.4 Å². The van der Waals surface area contributed by atoms with Crippen LogP contribution in [0.5, 0.6) is 0 Å². The van der Waals surface area contributed by atoms with Crippen molar-refractivity contribution in [1.82, 2.24) is 14.6 Å². The van der Waals surface area contributed by atoms with Gasteiger partial charge >= 0.3 is 6.36 Å². The van der Waals surface area contributed by atoms with Gasteiger partial charge in [-0.2, -0.15) is 4.31 Å². The summed E-state index contributed by atoms with van der Waals surface area (Å²) in [5.41, 5.74) is 0.590. The molecule has 1 aromatic carbocycles. The van der Waals surface area contributed by atoms with Gasteiger partial charge in [-0.05, 0) is 74.8 Å². The quantitative estimate of drug-likeness (QED) is 0.485. The number of alkyl halides is 3. The monoisotopic (exact) mass is 561 g/mol. The van der Waals surface area contributed by atoms with Crippen LogP contribution in [0.2, 0.25) is 0 Å². The molecule has 2 fully saturated rings. The zero-order valence-electron chi connectivity index (χ0n) is 20.7. The fourth-order valence-corrected chi connectivity index (χ4v) is 6.91. The number of halogens is 5. The highest BCUT2D eigenvalue weighted by Crippen LogP contribution is 2.37. The molecule has 1 amide bonds. The number of amides is 1. The van der Waals surface area contributed by atoms with E-state index in [9.17, 15) is 35.2 Å². The largest absolute Gasteiger partial charge is 0.522 e. The zero-order valence-corrected chi connectivity index (χ0v) is 21.5. The molecule has 0 spiro atoms. The van der Waals surface area contributed by atoms with Gasteiger partial charge in [0.25, 0.3) is 0 Å². The van der Waals surface area contributed by atoms with Crippen LogP contribution >= 0.6 is 0 Å². The molecular weight excluding hydrogens is 533 g/mol. The minimum Gasteiger partial charge on any atom is -0.351 e. The van der Waals surface area contributed by atoms with E-state index in [-0.39, 0.29) is 48.1 Å². The first-order chi connectivity index (χ1) is 17.7. The summed E-state index contributed by atoms with van der Waals surface area (Å²) in [6, 6.07) is 4.25. The number of nitrogens with zero attached hydrogens (tertiary/aromatic N) is 2. The van der Waals surface area contributed by atoms with Gasteiger partial charge in [0.05, 0.1) is 17.2 Å². The lowest BCUT2D eigenvalue weighted by Gasteiger charge is -2.35. The first kappa shape index (κ1) is 28.4. The number of carbonyl (C=O) groups excluding carboxylic acids is 1. The molecule has 7 nitrogen and oxygen atoms in total. The molecule has 13 heteroatoms. The number of pyridine rings is 1. The molecule has 1 N–H and O–H groups in total. The second-order valence-electron chi connectivity index (χ2n) is 9.97. The lowest BCUT2D eigenvalue weighted by atomic mass is 9.79. The highest BCUT2D eigenvalue weighted by Gasteiger charge is 2.47. The van der Waals surface area contributed by atoms with Crippen molar-refractivity contribution in [2.75, 3.05) is 0 Å². The van der Waals surface area contributed by atoms with Gasteiger partial charge in [0.1, 0.15) is 17.7 Å². The standard InChI is InChI=1S/C25H28F5N3O4S/c1-14-7-23(33(15(14)2)38(35,36)21-5-3-18(26)4-6-21)24(34)32-12-17-11-19(31-13-22(17)27)8-16-9-20(10-16)37-25(28,29)30/h3-6,11,13-16,20,23H,7-10,12H2,1-2H3,(H,32,34)/t14-,15+,16?,20?,23+/m1/s1. The smallest absolute Gasteiger partial charge is 0.351 e. The van der Waals surface area contributed by atoms with Crippen LogP contribution in [0.25, 0.3) is 0 Å². The Morgan fingerprint density at radius 1 is 1.13 bits per heavy atom. The second-order valence-corrected chi connectivity index (χ2v) is 11.8. The molecule has 1 aliphatic carbocycles. The van der Waals surface area contributed by atoms with Crippen LogP contribution in [0.15, 0.2) is 41.4 Å². The third-order valence-electron chi connectivity index (χ3n) is 7.25. The fraction of sp³-hybridized carbons (Fsp3) is 0.520. The van der Waals surface area contributed by atoms with Crippen LogP contribution in [-0.2, 0) is 32.5 Å². The molecule has 1 aliphatic heterocycles. The first-order valence-electron chi connectivity index (χ1n) is 12.2. The number of carbonyl (C=O) groups is 1. The highest BCUT2D eigenvalue weighted by molar-refractivity contribution is 7.89. The normalized spacial score (nSPS) is 26.2. The van der Waals surface area contributed by atoms with Crippen molar-refractivity contribution < 1.29 is 39.9 Å². The summed E-state index contributed by atoms with van der Waals surface area (Å²) < 4.78 is 96.4. The van der Waals surface area contributed by atoms with Gasteiger partial charge in [-0.1, -0.05) is 6.92 Å². The van der Waals surface area contributed by atoms with E-state index in [0.717, 1.165) is 34.8 Å². The number of ether oxygens (including phenoxy) is 1. The highest BCUT2D eigenvalue weighted by atomic mass is 32.2. The summed E-state index contributed by atoms with van der Waals surface area (Å²) in [6.07, 6.45) is -3.59. The second kappa shape index (κ2) is 10.9. The summed E-state index contributed by atoms with van der Waals surface area (Å²) >= 11 is 0. The molecule has 4 rings (SSSR count). The average Bonchev–Trinajstić information content (AvgIpc) is 3.12. The van der Waals surface area contributed by atoms with Crippen molar-refractivity contribution in [2.24, 2.45) is 11.8 Å². The van der Waals surface area contributed by atoms with Crippen molar-refractivity contribution in [3.63, 3.8) is 0 Å². The SMILES string of the molecule is C[C@@H]1C[C@@H](C(=O)NCc2cc(CC3CC(OC(F)(F)F)C3)ncc2F)N(S(=O)(=O)c2ccc(F)cc2)[C@H]1C. The van der Waals surface area contributed by atoms with E-state index in [0.29, 0.717) is 12.1 Å². The predicted molar refractivity (Wildman–Crippen MR) is 126 cm³/mol. The van der Waals surface area contributed by atoms with Crippen molar-refractivity contribution >= 4 is 15.9 Å². The van der Waals surface area contributed by atoms with E-state index >= 15 is 0 Å². The molecule has 1 saturated heterocycles. The molecule has 1 saturated carbocycles. The summed E-state index contributed by atoms with van der Waals surface area (Å²) in [5.74, 6) is -2.10. The number of nitrogens with one attached hydrogen (secondary N) is 1. The number of benzene rings is 1. The van der Waals surface area contributed by atoms with Gasteiger partial charge < -0.3 is 5.32 Å². The van der Waals surface area contributed by atoms with Crippen LogP contribution in [-0.4, -0.2) is 48.2 Å². The number of hydrogen-bond donors (Lipinski definition) is 1. The maximum atomic E-state index is 14.4. The Morgan fingerprint density at radius 2 is 1.79 bits per heavy atom. The molecular formula is C25H28F5N3O4S. The molecule has 2 aromatic rings. The van der Waals surface area contributed by atoms with Gasteiger partial charge in [-0.3, -0.25) is 14.5 Å². The Bertz CT molecular complexity index is 1270. The van der Waals surface area contributed by atoms with E-state index in [2.05, 4.69) is 15.0 Å². The number of rotatable bonds is 8. The fourth-order valence-electron chi connectivity index (χ4n) is 5.02. The zero-order chi connectivity index (χ0) is 27.8. The topological polar surface area (TPSA) is 88.6 Å². The van der Waals surface area contributed by atoms with Crippen molar-refractivity contribution in [2.45, 2.75) is 75.5 Å². The van der Waals surface area contributed by atoms with Crippen molar-refractivity contribution in [1.29, 1.82) is 0 Å². The molecule has 2 heterocycles. The van der Waals surface area contributed by atoms with E-state index in [1.807, 2.05) is 6.92 Å². The maximum absolute atomic E-state index is 14.4.